The van der Waals surface area contributed by atoms with Crippen molar-refractivity contribution < 1.29 is 24.5 Å². The third-order valence-electron chi connectivity index (χ3n) is 4.86. The first-order chi connectivity index (χ1) is 10.9. The Balaban J connectivity index is 0.00000208. The largest absolute Gasteiger partial charge is 0.340 e. The van der Waals surface area contributed by atoms with Crippen LogP contribution in [0.1, 0.15) is 27.8 Å². The molecule has 3 rings (SSSR count). The molecule has 0 atom stereocenters. The van der Waals surface area contributed by atoms with E-state index in [1.54, 1.807) is 12.3 Å². The molecule has 1 radical (unpaired) electrons. The summed E-state index contributed by atoms with van der Waals surface area (Å²) in [7, 11) is 0. The molecule has 0 unspecified atom stereocenters. The molecule has 24 heavy (non-hydrogen) atoms. The van der Waals surface area contributed by atoms with Crippen LogP contribution in [-0.2, 0) is 20.1 Å². The number of halogens is 1. The number of rotatable bonds is 2. The van der Waals surface area contributed by atoms with Gasteiger partial charge >= 0.3 is 0 Å². The molecule has 0 aliphatic rings. The molecule has 0 saturated heterocycles. The summed E-state index contributed by atoms with van der Waals surface area (Å²) in [4.78, 5) is 4.47. The standard InChI is InChI=1S/C20H20FN2.Ir/c1-12-13(2)15(4)19(16(5)14(12)3)23-11-10-22-20(23)17-6-8-18(21)9-7-17;/h6,8-11H,1-5H3;/q-1;. The molecule has 0 amide bonds. The minimum Gasteiger partial charge on any atom is -0.340 e. The number of nitrogens with zero attached hydrogens (tertiary/aromatic N) is 2. The summed E-state index contributed by atoms with van der Waals surface area (Å²) < 4.78 is 15.2. The van der Waals surface area contributed by atoms with Gasteiger partial charge in [-0.05, 0) is 62.4 Å². The van der Waals surface area contributed by atoms with E-state index in [0.29, 0.717) is 0 Å². The van der Waals surface area contributed by atoms with Crippen LogP contribution in [-0.4, -0.2) is 9.55 Å². The zero-order chi connectivity index (χ0) is 16.7. The van der Waals surface area contributed by atoms with Gasteiger partial charge in [-0.1, -0.05) is 0 Å². The number of hydrogen-bond acceptors (Lipinski definition) is 1. The van der Waals surface area contributed by atoms with Crippen molar-refractivity contribution in [2.45, 2.75) is 34.6 Å². The molecule has 1 aromatic heterocycles. The Morgan fingerprint density at radius 3 is 2.04 bits per heavy atom. The Morgan fingerprint density at radius 1 is 0.917 bits per heavy atom. The van der Waals surface area contributed by atoms with Gasteiger partial charge in [-0.3, -0.25) is 9.37 Å². The van der Waals surface area contributed by atoms with Gasteiger partial charge in [0, 0.05) is 44.0 Å². The topological polar surface area (TPSA) is 17.8 Å². The minimum atomic E-state index is -0.291. The van der Waals surface area contributed by atoms with Crippen LogP contribution < -0.4 is 0 Å². The summed E-state index contributed by atoms with van der Waals surface area (Å²) in [5.74, 6) is 0.486. The molecule has 2 nitrogen and oxygen atoms in total. The van der Waals surface area contributed by atoms with Crippen LogP contribution in [0.15, 0.2) is 30.6 Å². The second kappa shape index (κ2) is 7.00. The minimum absolute atomic E-state index is 0. The molecule has 0 aliphatic heterocycles. The predicted molar refractivity (Wildman–Crippen MR) is 91.5 cm³/mol. The fourth-order valence-electron chi connectivity index (χ4n) is 3.07. The molecule has 1 heterocycles. The molecular formula is C20H20FIrN2-. The Bertz CT molecular complexity index is 850. The van der Waals surface area contributed by atoms with Gasteiger partial charge in [0.25, 0.3) is 0 Å². The van der Waals surface area contributed by atoms with E-state index >= 15 is 0 Å². The Morgan fingerprint density at radius 2 is 1.50 bits per heavy atom. The van der Waals surface area contributed by atoms with Crippen molar-refractivity contribution in [3.63, 3.8) is 0 Å². The average molecular weight is 500 g/mol. The van der Waals surface area contributed by atoms with Crippen LogP contribution in [0.25, 0.3) is 17.1 Å². The molecule has 0 saturated carbocycles. The predicted octanol–water partition coefficient (Wildman–Crippen LogP) is 5.02. The van der Waals surface area contributed by atoms with Crippen molar-refractivity contribution >= 4 is 0 Å². The van der Waals surface area contributed by atoms with E-state index in [2.05, 4.69) is 50.2 Å². The van der Waals surface area contributed by atoms with Crippen molar-refractivity contribution in [1.29, 1.82) is 0 Å². The van der Waals surface area contributed by atoms with Crippen LogP contribution >= 0.6 is 0 Å². The van der Waals surface area contributed by atoms with Gasteiger partial charge in [-0.15, -0.1) is 29.8 Å². The Labute approximate surface area is 156 Å². The van der Waals surface area contributed by atoms with E-state index < -0.39 is 0 Å². The van der Waals surface area contributed by atoms with Crippen LogP contribution in [0.2, 0.25) is 0 Å². The molecule has 0 fully saturated rings. The maximum absolute atomic E-state index is 13.2. The quantitative estimate of drug-likeness (QED) is 0.453. The first-order valence-electron chi connectivity index (χ1n) is 7.70. The summed E-state index contributed by atoms with van der Waals surface area (Å²) in [5, 5.41) is 0. The number of aromatic nitrogens is 2. The van der Waals surface area contributed by atoms with Gasteiger partial charge in [0.1, 0.15) is 0 Å². The van der Waals surface area contributed by atoms with Crippen LogP contribution in [0.3, 0.4) is 0 Å². The molecule has 0 spiro atoms. The number of imidazole rings is 1. The molecule has 0 aliphatic carbocycles. The van der Waals surface area contributed by atoms with E-state index in [1.165, 1.54) is 39.9 Å². The maximum atomic E-state index is 13.2. The number of benzene rings is 2. The van der Waals surface area contributed by atoms with E-state index in [0.717, 1.165) is 17.1 Å². The molecule has 3 aromatic rings. The van der Waals surface area contributed by atoms with Gasteiger partial charge in [-0.2, -0.15) is 0 Å². The van der Waals surface area contributed by atoms with Crippen molar-refractivity contribution in [2.75, 3.05) is 0 Å². The Kier molecular flexibility index (Phi) is 5.42. The van der Waals surface area contributed by atoms with Crippen molar-refractivity contribution in [3.8, 4) is 17.1 Å². The third kappa shape index (κ3) is 2.96. The van der Waals surface area contributed by atoms with Gasteiger partial charge in [-0.25, -0.2) is 0 Å². The zero-order valence-corrected chi connectivity index (χ0v) is 16.9. The van der Waals surface area contributed by atoms with Crippen molar-refractivity contribution in [2.24, 2.45) is 0 Å². The summed E-state index contributed by atoms with van der Waals surface area (Å²) >= 11 is 0. The van der Waals surface area contributed by atoms with Gasteiger partial charge in [0.2, 0.25) is 0 Å². The van der Waals surface area contributed by atoms with Crippen LogP contribution in [0.5, 0.6) is 0 Å². The fourth-order valence-corrected chi connectivity index (χ4v) is 3.07. The summed E-state index contributed by atoms with van der Waals surface area (Å²) in [5.41, 5.74) is 8.34. The van der Waals surface area contributed by atoms with Crippen molar-refractivity contribution in [1.82, 2.24) is 9.55 Å². The van der Waals surface area contributed by atoms with E-state index in [4.69, 9.17) is 0 Å². The summed E-state index contributed by atoms with van der Waals surface area (Å²) in [6, 6.07) is 7.47. The first kappa shape index (κ1) is 18.6. The van der Waals surface area contributed by atoms with Crippen molar-refractivity contribution in [3.05, 3.63) is 70.3 Å². The first-order valence-corrected chi connectivity index (χ1v) is 7.70. The van der Waals surface area contributed by atoms with Crippen LogP contribution in [0.4, 0.5) is 4.39 Å². The molecule has 127 valence electrons. The molecular weight excluding hydrogens is 479 g/mol. The van der Waals surface area contributed by atoms with Gasteiger partial charge < -0.3 is 4.57 Å². The SMILES string of the molecule is Cc1c(C)c(C)c(-n2ccnc2-c2[c-]cc(F)cc2)c(C)c1C.[Ir]. The maximum Gasteiger partial charge on any atom is 0.0602 e. The van der Waals surface area contributed by atoms with Gasteiger partial charge in [0.15, 0.2) is 0 Å². The summed E-state index contributed by atoms with van der Waals surface area (Å²) in [6.45, 7) is 10.8. The molecule has 4 heteroatoms. The average Bonchev–Trinajstić information content (AvgIpc) is 3.01. The second-order valence-electron chi connectivity index (χ2n) is 6.02. The van der Waals surface area contributed by atoms with E-state index in [-0.39, 0.29) is 25.9 Å². The third-order valence-corrected chi connectivity index (χ3v) is 4.86. The number of hydrogen-bond donors (Lipinski definition) is 0. The van der Waals surface area contributed by atoms with Gasteiger partial charge in [0.05, 0.1) is 5.82 Å². The van der Waals surface area contributed by atoms with E-state index in [9.17, 15) is 4.39 Å². The monoisotopic (exact) mass is 500 g/mol. The molecule has 0 bridgehead atoms. The normalized spacial score (nSPS) is 10.6. The zero-order valence-electron chi connectivity index (χ0n) is 14.5. The molecule has 2 aromatic carbocycles. The smallest absolute Gasteiger partial charge is 0.0602 e. The molecule has 0 N–H and O–H groups in total. The fraction of sp³-hybridized carbons (Fsp3) is 0.250. The van der Waals surface area contributed by atoms with E-state index in [1.807, 2.05) is 6.20 Å². The second-order valence-corrected chi connectivity index (χ2v) is 6.02. The summed E-state index contributed by atoms with van der Waals surface area (Å²) in [6.07, 6.45) is 3.73. The Hall–Kier alpha value is -1.77. The van der Waals surface area contributed by atoms with Crippen LogP contribution in [0, 0.1) is 46.5 Å².